The quantitative estimate of drug-likeness (QED) is 0.781. The Morgan fingerprint density at radius 2 is 2.16 bits per heavy atom. The van der Waals surface area contributed by atoms with Crippen LogP contribution in [0.1, 0.15) is 43.5 Å². The van der Waals surface area contributed by atoms with Crippen LogP contribution in [0, 0.1) is 0 Å². The van der Waals surface area contributed by atoms with Gasteiger partial charge in [0, 0.05) is 24.7 Å². The number of carbonyl (C=O) groups excluding carboxylic acids is 1. The molecule has 0 radical (unpaired) electrons. The molecule has 1 fully saturated rings. The van der Waals surface area contributed by atoms with Crippen LogP contribution in [0.2, 0.25) is 0 Å². The van der Waals surface area contributed by atoms with Crippen LogP contribution in [-0.2, 0) is 16.4 Å². The first-order valence-electron chi connectivity index (χ1n) is 8.80. The number of amides is 1. The summed E-state index contributed by atoms with van der Waals surface area (Å²) < 4.78 is 25.4. The highest BCUT2D eigenvalue weighted by molar-refractivity contribution is 7.91. The summed E-state index contributed by atoms with van der Waals surface area (Å²) in [7, 11) is -3.04. The number of hydrogen-bond acceptors (Lipinski definition) is 5. The minimum Gasteiger partial charge on any atom is -0.335 e. The fourth-order valence-corrected chi connectivity index (χ4v) is 5.03. The molecule has 0 bridgehead atoms. The van der Waals surface area contributed by atoms with Crippen LogP contribution in [0.4, 0.5) is 0 Å². The smallest absolute Gasteiger partial charge is 0.254 e. The molecule has 1 aromatic heterocycles. The van der Waals surface area contributed by atoms with E-state index in [0.717, 1.165) is 18.4 Å². The van der Waals surface area contributed by atoms with Crippen molar-refractivity contribution in [3.8, 4) is 0 Å². The summed E-state index contributed by atoms with van der Waals surface area (Å²) in [5.74, 6) is 0.109. The highest BCUT2D eigenvalue weighted by Gasteiger charge is 2.34. The molecular formula is C17H24N4O3S. The fraction of sp³-hybridized carbons (Fsp3) is 0.588. The Kier molecular flexibility index (Phi) is 5.08. The molecule has 2 aromatic rings. The van der Waals surface area contributed by atoms with Gasteiger partial charge >= 0.3 is 0 Å². The summed E-state index contributed by atoms with van der Waals surface area (Å²) in [5.41, 5.74) is 2.11. The number of aromatic nitrogens is 3. The monoisotopic (exact) mass is 364 g/mol. The maximum absolute atomic E-state index is 13.0. The Labute approximate surface area is 147 Å². The zero-order valence-electron chi connectivity index (χ0n) is 14.7. The van der Waals surface area contributed by atoms with Crippen molar-refractivity contribution < 1.29 is 13.2 Å². The second-order valence-corrected chi connectivity index (χ2v) is 8.75. The Hall–Kier alpha value is -1.96. The van der Waals surface area contributed by atoms with Gasteiger partial charge in [-0.05, 0) is 38.0 Å². The van der Waals surface area contributed by atoms with E-state index in [1.807, 2.05) is 13.0 Å². The summed E-state index contributed by atoms with van der Waals surface area (Å²) >= 11 is 0. The molecule has 0 saturated carbocycles. The van der Waals surface area contributed by atoms with Gasteiger partial charge in [-0.3, -0.25) is 4.79 Å². The average molecular weight is 364 g/mol. The van der Waals surface area contributed by atoms with Crippen LogP contribution in [0.15, 0.2) is 18.2 Å². The van der Waals surface area contributed by atoms with Crippen LogP contribution in [0.25, 0.3) is 11.0 Å². The Morgan fingerprint density at radius 1 is 1.36 bits per heavy atom. The predicted octanol–water partition coefficient (Wildman–Crippen LogP) is 1.88. The Morgan fingerprint density at radius 3 is 2.80 bits per heavy atom. The summed E-state index contributed by atoms with van der Waals surface area (Å²) in [6, 6.07) is 5.16. The van der Waals surface area contributed by atoms with E-state index >= 15 is 0 Å². The van der Waals surface area contributed by atoms with E-state index in [1.54, 1.807) is 21.7 Å². The molecule has 1 amide bonds. The van der Waals surface area contributed by atoms with Crippen LogP contribution < -0.4 is 0 Å². The molecule has 1 atom stereocenters. The van der Waals surface area contributed by atoms with E-state index in [1.165, 1.54) is 0 Å². The van der Waals surface area contributed by atoms with Crippen LogP contribution >= 0.6 is 0 Å². The van der Waals surface area contributed by atoms with E-state index in [-0.39, 0.29) is 23.5 Å². The lowest BCUT2D eigenvalue weighted by Gasteiger charge is -2.28. The number of aryl methyl sites for hydroxylation is 1. The molecule has 7 nitrogen and oxygen atoms in total. The van der Waals surface area contributed by atoms with Gasteiger partial charge in [0.2, 0.25) is 0 Å². The van der Waals surface area contributed by atoms with Crippen LogP contribution in [0.3, 0.4) is 0 Å². The maximum atomic E-state index is 13.0. The first kappa shape index (κ1) is 17.8. The molecule has 25 heavy (non-hydrogen) atoms. The molecule has 0 N–H and O–H groups in total. The molecular weight excluding hydrogens is 340 g/mol. The van der Waals surface area contributed by atoms with Crippen molar-refractivity contribution in [1.82, 2.24) is 19.9 Å². The van der Waals surface area contributed by atoms with Gasteiger partial charge in [0.05, 0.1) is 17.0 Å². The number of sulfone groups is 1. The summed E-state index contributed by atoms with van der Waals surface area (Å²) in [5, 5.41) is 8.19. The molecule has 1 aromatic carbocycles. The van der Waals surface area contributed by atoms with Gasteiger partial charge in [-0.2, -0.15) is 0 Å². The number of hydrogen-bond donors (Lipinski definition) is 0. The van der Waals surface area contributed by atoms with Gasteiger partial charge in [0.15, 0.2) is 9.84 Å². The Balaban J connectivity index is 1.88. The van der Waals surface area contributed by atoms with Crippen LogP contribution in [-0.4, -0.2) is 58.3 Å². The van der Waals surface area contributed by atoms with E-state index in [0.29, 0.717) is 30.6 Å². The molecule has 8 heteroatoms. The fourth-order valence-electron chi connectivity index (χ4n) is 3.30. The number of benzene rings is 1. The van der Waals surface area contributed by atoms with Crippen LogP contribution in [0.5, 0.6) is 0 Å². The number of nitrogens with zero attached hydrogens (tertiary/aromatic N) is 4. The first-order chi connectivity index (χ1) is 11.9. The third-order valence-corrected chi connectivity index (χ3v) is 6.47. The first-order valence-corrected chi connectivity index (χ1v) is 10.6. The van der Waals surface area contributed by atoms with Crippen molar-refractivity contribution in [3.05, 3.63) is 23.8 Å². The zero-order chi connectivity index (χ0) is 18.0. The minimum atomic E-state index is -3.04. The molecule has 1 aliphatic rings. The molecule has 1 aliphatic heterocycles. The molecule has 136 valence electrons. The standard InChI is InChI=1S/C17H24N4O3S/c1-3-5-9-20(14-8-10-25(23,24)12-14)17(22)13-6-7-16-15(11-13)18-19-21(16)4-2/h6-7,11,14H,3-5,8-10,12H2,1-2H3. The van der Waals surface area contributed by atoms with Gasteiger partial charge in [-0.15, -0.1) is 5.10 Å². The van der Waals surface area contributed by atoms with Crippen molar-refractivity contribution in [2.24, 2.45) is 0 Å². The number of rotatable bonds is 6. The number of fused-ring (bicyclic) bond motifs is 1. The lowest BCUT2D eigenvalue weighted by molar-refractivity contribution is 0.0694. The summed E-state index contributed by atoms with van der Waals surface area (Å²) in [4.78, 5) is 14.8. The molecule has 0 spiro atoms. The third-order valence-electron chi connectivity index (χ3n) is 4.72. The van der Waals surface area contributed by atoms with Crippen molar-refractivity contribution in [3.63, 3.8) is 0 Å². The maximum Gasteiger partial charge on any atom is 0.254 e. The average Bonchev–Trinajstić information content (AvgIpc) is 3.17. The SMILES string of the molecule is CCCCN(C(=O)c1ccc2c(c1)nnn2CC)C1CCS(=O)(=O)C1. The van der Waals surface area contributed by atoms with Crippen molar-refractivity contribution >= 4 is 26.8 Å². The van der Waals surface area contributed by atoms with Crippen molar-refractivity contribution in [2.75, 3.05) is 18.1 Å². The van der Waals surface area contributed by atoms with Gasteiger partial charge in [-0.25, -0.2) is 13.1 Å². The molecule has 1 unspecified atom stereocenters. The van der Waals surface area contributed by atoms with E-state index < -0.39 is 9.84 Å². The minimum absolute atomic E-state index is 0.0662. The highest BCUT2D eigenvalue weighted by atomic mass is 32.2. The normalized spacial score (nSPS) is 19.4. The molecule has 1 saturated heterocycles. The molecule has 0 aliphatic carbocycles. The summed E-state index contributed by atoms with van der Waals surface area (Å²) in [6.45, 7) is 5.34. The topological polar surface area (TPSA) is 85.2 Å². The van der Waals surface area contributed by atoms with Gasteiger partial charge < -0.3 is 4.90 Å². The van der Waals surface area contributed by atoms with Gasteiger partial charge in [0.25, 0.3) is 5.91 Å². The lowest BCUT2D eigenvalue weighted by atomic mass is 10.1. The van der Waals surface area contributed by atoms with Crippen molar-refractivity contribution in [2.45, 2.75) is 45.7 Å². The van der Waals surface area contributed by atoms with Gasteiger partial charge in [0.1, 0.15) is 5.52 Å². The summed E-state index contributed by atoms with van der Waals surface area (Å²) in [6.07, 6.45) is 2.33. The highest BCUT2D eigenvalue weighted by Crippen LogP contribution is 2.22. The van der Waals surface area contributed by atoms with Crippen molar-refractivity contribution in [1.29, 1.82) is 0 Å². The second kappa shape index (κ2) is 7.11. The number of unbranched alkanes of at least 4 members (excludes halogenated alkanes) is 1. The van der Waals surface area contributed by atoms with E-state index in [9.17, 15) is 13.2 Å². The van der Waals surface area contributed by atoms with E-state index in [2.05, 4.69) is 17.2 Å². The number of carbonyl (C=O) groups is 1. The predicted molar refractivity (Wildman–Crippen MR) is 96.2 cm³/mol. The van der Waals surface area contributed by atoms with E-state index in [4.69, 9.17) is 0 Å². The van der Waals surface area contributed by atoms with Gasteiger partial charge in [-0.1, -0.05) is 18.6 Å². The lowest BCUT2D eigenvalue weighted by Crippen LogP contribution is -2.41. The zero-order valence-corrected chi connectivity index (χ0v) is 15.5. The Bertz CT molecular complexity index is 875. The molecule has 3 rings (SSSR count). The largest absolute Gasteiger partial charge is 0.335 e. The second-order valence-electron chi connectivity index (χ2n) is 6.52. The molecule has 2 heterocycles. The third kappa shape index (κ3) is 3.68.